The van der Waals surface area contributed by atoms with Crippen LogP contribution >= 0.6 is 0 Å². The Morgan fingerprint density at radius 3 is 2.69 bits per heavy atom. The fraction of sp³-hybridized carbons (Fsp3) is 0.435. The molecule has 0 fully saturated rings. The van der Waals surface area contributed by atoms with E-state index >= 15 is 0 Å². The van der Waals surface area contributed by atoms with E-state index in [2.05, 4.69) is 44.5 Å². The van der Waals surface area contributed by atoms with Gasteiger partial charge in [-0.2, -0.15) is 15.3 Å². The topological polar surface area (TPSA) is 66.9 Å². The third-order valence-corrected chi connectivity index (χ3v) is 5.60. The number of nitrogens with one attached hydrogen (secondary N) is 1. The number of aryl methyl sites for hydroxylation is 2. The molecule has 0 spiro atoms. The molecule has 6 nitrogen and oxygen atoms in total. The van der Waals surface area contributed by atoms with Crippen molar-refractivity contribution in [3.8, 4) is 17.0 Å². The first-order valence-electron chi connectivity index (χ1n) is 10.3. The van der Waals surface area contributed by atoms with Crippen LogP contribution in [0.25, 0.3) is 11.3 Å². The molecule has 152 valence electrons. The van der Waals surface area contributed by atoms with Crippen LogP contribution in [-0.2, 0) is 25.9 Å². The summed E-state index contributed by atoms with van der Waals surface area (Å²) in [5.41, 5.74) is 7.90. The van der Waals surface area contributed by atoms with Gasteiger partial charge in [-0.25, -0.2) is 0 Å². The smallest absolute Gasteiger partial charge is 0.128 e. The quantitative estimate of drug-likeness (QED) is 0.641. The molecule has 2 heterocycles. The average Bonchev–Trinajstić information content (AvgIpc) is 2.94. The van der Waals surface area contributed by atoms with Gasteiger partial charge >= 0.3 is 0 Å². The fourth-order valence-electron chi connectivity index (χ4n) is 4.08. The van der Waals surface area contributed by atoms with E-state index in [1.54, 1.807) is 7.11 Å². The van der Waals surface area contributed by atoms with Crippen molar-refractivity contribution >= 4 is 0 Å². The molecule has 3 aromatic rings. The zero-order chi connectivity index (χ0) is 20.2. The molecule has 0 saturated heterocycles. The second-order valence-corrected chi connectivity index (χ2v) is 7.95. The zero-order valence-corrected chi connectivity index (χ0v) is 17.5. The van der Waals surface area contributed by atoms with Crippen molar-refractivity contribution in [3.63, 3.8) is 0 Å². The normalized spacial score (nSPS) is 13.9. The van der Waals surface area contributed by atoms with Crippen LogP contribution in [0.5, 0.6) is 5.75 Å². The predicted octanol–water partition coefficient (Wildman–Crippen LogP) is 4.08. The van der Waals surface area contributed by atoms with Crippen molar-refractivity contribution in [1.29, 1.82) is 0 Å². The summed E-state index contributed by atoms with van der Waals surface area (Å²) < 4.78 is 5.55. The number of hydrogen-bond acceptors (Lipinski definition) is 5. The predicted molar refractivity (Wildman–Crippen MR) is 114 cm³/mol. The van der Waals surface area contributed by atoms with Crippen LogP contribution in [0.2, 0.25) is 0 Å². The van der Waals surface area contributed by atoms with Crippen LogP contribution in [0.4, 0.5) is 0 Å². The van der Waals surface area contributed by atoms with Crippen LogP contribution in [0, 0.1) is 6.92 Å². The lowest BCUT2D eigenvalue weighted by Gasteiger charge is -2.18. The maximum Gasteiger partial charge on any atom is 0.128 e. The first-order chi connectivity index (χ1) is 14.1. The van der Waals surface area contributed by atoms with Gasteiger partial charge < -0.3 is 4.74 Å². The first-order valence-corrected chi connectivity index (χ1v) is 10.3. The molecular formula is C23H29N5O. The highest BCUT2D eigenvalue weighted by Crippen LogP contribution is 2.30. The van der Waals surface area contributed by atoms with Crippen molar-refractivity contribution in [2.24, 2.45) is 0 Å². The fourth-order valence-corrected chi connectivity index (χ4v) is 4.08. The minimum atomic E-state index is 0.812. The van der Waals surface area contributed by atoms with Gasteiger partial charge in [0.15, 0.2) is 0 Å². The molecule has 1 aromatic carbocycles. The van der Waals surface area contributed by atoms with Gasteiger partial charge in [0.2, 0.25) is 0 Å². The van der Waals surface area contributed by atoms with Crippen molar-refractivity contribution in [1.82, 2.24) is 25.3 Å². The third-order valence-electron chi connectivity index (χ3n) is 5.60. The van der Waals surface area contributed by atoms with E-state index in [-0.39, 0.29) is 0 Å². The summed E-state index contributed by atoms with van der Waals surface area (Å²) in [6.45, 7) is 3.62. The van der Waals surface area contributed by atoms with Gasteiger partial charge in [0.1, 0.15) is 5.75 Å². The Bertz CT molecular complexity index is 964. The van der Waals surface area contributed by atoms with Crippen molar-refractivity contribution in [2.45, 2.75) is 52.1 Å². The number of H-pyrrole nitrogens is 1. The molecule has 0 amide bonds. The Morgan fingerprint density at radius 2 is 1.90 bits per heavy atom. The van der Waals surface area contributed by atoms with E-state index in [9.17, 15) is 0 Å². The van der Waals surface area contributed by atoms with Gasteiger partial charge in [-0.15, -0.1) is 0 Å². The van der Waals surface area contributed by atoms with Crippen molar-refractivity contribution < 1.29 is 4.74 Å². The molecular weight excluding hydrogens is 362 g/mol. The van der Waals surface area contributed by atoms with Gasteiger partial charge in [0.25, 0.3) is 0 Å². The highest BCUT2D eigenvalue weighted by Gasteiger charge is 2.17. The number of hydrogen-bond donors (Lipinski definition) is 1. The lowest BCUT2D eigenvalue weighted by atomic mass is 10.1. The summed E-state index contributed by atoms with van der Waals surface area (Å²) in [6.07, 6.45) is 6.12. The molecule has 1 aliphatic carbocycles. The number of ether oxygens (including phenoxy) is 1. The van der Waals surface area contributed by atoms with Gasteiger partial charge in [-0.05, 0) is 75.0 Å². The van der Waals surface area contributed by atoms with E-state index in [1.807, 2.05) is 25.1 Å². The average molecular weight is 392 g/mol. The molecule has 29 heavy (non-hydrogen) atoms. The van der Waals surface area contributed by atoms with Gasteiger partial charge in [-0.3, -0.25) is 10.00 Å². The van der Waals surface area contributed by atoms with Crippen molar-refractivity contribution in [2.75, 3.05) is 14.2 Å². The minimum absolute atomic E-state index is 0.812. The molecule has 0 saturated carbocycles. The number of fused-ring (bicyclic) bond motifs is 1. The van der Waals surface area contributed by atoms with Crippen molar-refractivity contribution in [3.05, 3.63) is 58.5 Å². The Kier molecular flexibility index (Phi) is 5.90. The molecule has 6 heteroatoms. The van der Waals surface area contributed by atoms with E-state index < -0.39 is 0 Å². The number of aromatic amines is 1. The maximum atomic E-state index is 5.55. The van der Waals surface area contributed by atoms with Crippen LogP contribution < -0.4 is 4.74 Å². The molecule has 0 bridgehead atoms. The molecule has 0 radical (unpaired) electrons. The summed E-state index contributed by atoms with van der Waals surface area (Å²) >= 11 is 0. The highest BCUT2D eigenvalue weighted by molar-refractivity contribution is 5.67. The molecule has 0 atom stereocenters. The summed E-state index contributed by atoms with van der Waals surface area (Å²) in [7, 11) is 3.84. The molecule has 4 rings (SSSR count). The largest absolute Gasteiger partial charge is 0.496 e. The summed E-state index contributed by atoms with van der Waals surface area (Å²) in [5, 5.41) is 16.4. The summed E-state index contributed by atoms with van der Waals surface area (Å²) in [4.78, 5) is 2.31. The third kappa shape index (κ3) is 4.48. The second-order valence-electron chi connectivity index (χ2n) is 7.95. The SMILES string of the molecule is COc1ccc(CN(C)Cc2n[nH]c3c2CCCCC3)cc1-c1ccc(C)nn1. The highest BCUT2D eigenvalue weighted by atomic mass is 16.5. The number of nitrogens with zero attached hydrogens (tertiary/aromatic N) is 4. The Hall–Kier alpha value is -2.73. The van der Waals surface area contributed by atoms with E-state index in [0.717, 1.165) is 48.6 Å². The van der Waals surface area contributed by atoms with Gasteiger partial charge in [-0.1, -0.05) is 12.5 Å². The molecule has 2 aromatic heterocycles. The van der Waals surface area contributed by atoms with E-state index in [4.69, 9.17) is 4.74 Å². The zero-order valence-electron chi connectivity index (χ0n) is 17.5. The standard InChI is InChI=1S/C23H29N5O/c1-16-9-11-21(25-24-16)19-13-17(10-12-23(19)29-3)14-28(2)15-22-18-7-5-4-6-8-20(18)26-27-22/h9-13H,4-8,14-15H2,1-3H3,(H,26,27). The first kappa shape index (κ1) is 19.6. The van der Waals surface area contributed by atoms with Gasteiger partial charge in [0.05, 0.1) is 24.2 Å². The number of benzene rings is 1. The monoisotopic (exact) mass is 391 g/mol. The Labute approximate surface area is 172 Å². The molecule has 0 aliphatic heterocycles. The van der Waals surface area contributed by atoms with Crippen LogP contribution in [0.1, 0.15) is 47.5 Å². The molecule has 1 N–H and O–H groups in total. The second kappa shape index (κ2) is 8.74. The maximum absolute atomic E-state index is 5.55. The number of aromatic nitrogens is 4. The van der Waals surface area contributed by atoms with E-state index in [0.29, 0.717) is 0 Å². The van der Waals surface area contributed by atoms with Crippen LogP contribution in [0.3, 0.4) is 0 Å². The lowest BCUT2D eigenvalue weighted by molar-refractivity contribution is 0.313. The molecule has 0 unspecified atom stereocenters. The summed E-state index contributed by atoms with van der Waals surface area (Å²) in [6, 6.07) is 10.3. The number of methoxy groups -OCH3 is 1. The van der Waals surface area contributed by atoms with E-state index in [1.165, 1.54) is 41.8 Å². The minimum Gasteiger partial charge on any atom is -0.496 e. The Balaban J connectivity index is 1.51. The number of rotatable bonds is 6. The lowest BCUT2D eigenvalue weighted by Crippen LogP contribution is -2.18. The van der Waals surface area contributed by atoms with Crippen LogP contribution in [0.15, 0.2) is 30.3 Å². The Morgan fingerprint density at radius 1 is 1.03 bits per heavy atom. The van der Waals surface area contributed by atoms with Gasteiger partial charge in [0, 0.05) is 24.3 Å². The molecule has 1 aliphatic rings. The van der Waals surface area contributed by atoms with Crippen LogP contribution in [-0.4, -0.2) is 39.5 Å². The summed E-state index contributed by atoms with van der Waals surface area (Å²) in [5.74, 6) is 0.812.